The lowest BCUT2D eigenvalue weighted by atomic mass is 10.1. The maximum atomic E-state index is 12.0. The average Bonchev–Trinajstić information content (AvgIpc) is 2.85. The summed E-state index contributed by atoms with van der Waals surface area (Å²) >= 11 is 1.63. The highest BCUT2D eigenvalue weighted by Crippen LogP contribution is 2.12. The summed E-state index contributed by atoms with van der Waals surface area (Å²) in [5, 5.41) is 4.35. The van der Waals surface area contributed by atoms with E-state index in [1.165, 1.54) is 4.88 Å². The molecular formula is C15H15N3OS. The molecule has 4 nitrogen and oxygen atoms in total. The van der Waals surface area contributed by atoms with E-state index in [0.717, 1.165) is 28.7 Å². The zero-order valence-corrected chi connectivity index (χ0v) is 12.0. The van der Waals surface area contributed by atoms with Gasteiger partial charge in [-0.25, -0.2) is 4.98 Å². The number of H-pyrrole nitrogens is 1. The normalized spacial score (nSPS) is 11.1. The third-order valence-corrected chi connectivity index (χ3v) is 4.21. The van der Waals surface area contributed by atoms with E-state index in [1.54, 1.807) is 11.3 Å². The maximum Gasteiger partial charge on any atom is 0.252 e. The first-order valence-corrected chi connectivity index (χ1v) is 7.32. The van der Waals surface area contributed by atoms with Crippen LogP contribution in [0.25, 0.3) is 10.9 Å². The molecule has 0 aliphatic carbocycles. The van der Waals surface area contributed by atoms with Crippen molar-refractivity contribution in [2.24, 2.45) is 0 Å². The number of para-hydroxylation sites is 1. The van der Waals surface area contributed by atoms with Crippen LogP contribution in [-0.2, 0) is 13.1 Å². The Morgan fingerprint density at radius 3 is 2.95 bits per heavy atom. The molecule has 2 heterocycles. The Hall–Kier alpha value is -1.98. The minimum absolute atomic E-state index is 0.0303. The van der Waals surface area contributed by atoms with Gasteiger partial charge >= 0.3 is 0 Å². The Kier molecular flexibility index (Phi) is 3.62. The molecule has 0 unspecified atom stereocenters. The molecular weight excluding hydrogens is 270 g/mol. The van der Waals surface area contributed by atoms with E-state index >= 15 is 0 Å². The summed E-state index contributed by atoms with van der Waals surface area (Å²) < 4.78 is 0. The summed E-state index contributed by atoms with van der Waals surface area (Å²) in [7, 11) is 0. The Bertz CT molecular complexity index is 791. The highest BCUT2D eigenvalue weighted by Gasteiger charge is 2.04. The van der Waals surface area contributed by atoms with Crippen LogP contribution in [0.5, 0.6) is 0 Å². The van der Waals surface area contributed by atoms with Gasteiger partial charge in [0.15, 0.2) is 0 Å². The van der Waals surface area contributed by atoms with Crippen molar-refractivity contribution in [1.82, 2.24) is 15.3 Å². The number of thiazole rings is 1. The predicted molar refractivity (Wildman–Crippen MR) is 82.0 cm³/mol. The van der Waals surface area contributed by atoms with Crippen LogP contribution in [0.2, 0.25) is 0 Å². The third-order valence-electron chi connectivity index (χ3n) is 3.28. The van der Waals surface area contributed by atoms with Crippen molar-refractivity contribution in [2.75, 3.05) is 0 Å². The van der Waals surface area contributed by atoms with Crippen molar-refractivity contribution in [3.8, 4) is 0 Å². The molecule has 2 N–H and O–H groups in total. The van der Waals surface area contributed by atoms with Crippen LogP contribution < -0.4 is 10.9 Å². The van der Waals surface area contributed by atoms with Gasteiger partial charge in [-0.05, 0) is 24.4 Å². The molecule has 3 rings (SSSR count). The van der Waals surface area contributed by atoms with E-state index in [1.807, 2.05) is 42.8 Å². The van der Waals surface area contributed by atoms with Gasteiger partial charge in [-0.3, -0.25) is 4.79 Å². The minimum atomic E-state index is -0.0303. The minimum Gasteiger partial charge on any atom is -0.322 e. The molecule has 20 heavy (non-hydrogen) atoms. The third kappa shape index (κ3) is 2.64. The summed E-state index contributed by atoms with van der Waals surface area (Å²) in [6, 6.07) is 9.75. The van der Waals surface area contributed by atoms with E-state index in [-0.39, 0.29) is 5.56 Å². The van der Waals surface area contributed by atoms with Crippen LogP contribution >= 0.6 is 11.3 Å². The SMILES string of the molecule is Cc1ncsc1CNCc1cc2ccccc2[nH]c1=O. The van der Waals surface area contributed by atoms with Crippen LogP contribution in [0.4, 0.5) is 0 Å². The molecule has 0 aliphatic heterocycles. The molecule has 102 valence electrons. The molecule has 2 aromatic heterocycles. The van der Waals surface area contributed by atoms with Crippen LogP contribution in [0, 0.1) is 6.92 Å². The van der Waals surface area contributed by atoms with E-state index in [2.05, 4.69) is 15.3 Å². The van der Waals surface area contributed by atoms with Gasteiger partial charge < -0.3 is 10.3 Å². The molecule has 0 aliphatic rings. The van der Waals surface area contributed by atoms with Gasteiger partial charge in [-0.1, -0.05) is 18.2 Å². The van der Waals surface area contributed by atoms with Crippen molar-refractivity contribution >= 4 is 22.2 Å². The van der Waals surface area contributed by atoms with E-state index in [4.69, 9.17) is 0 Å². The predicted octanol–water partition coefficient (Wildman–Crippen LogP) is 2.58. The highest BCUT2D eigenvalue weighted by molar-refractivity contribution is 7.09. The standard InChI is InChI=1S/C15H15N3OS/c1-10-14(20-9-17-10)8-16-7-12-6-11-4-2-3-5-13(11)18-15(12)19/h2-6,9,16H,7-8H2,1H3,(H,18,19). The number of aromatic nitrogens is 2. The Morgan fingerprint density at radius 1 is 1.30 bits per heavy atom. The first kappa shape index (κ1) is 13.0. The topological polar surface area (TPSA) is 57.8 Å². The van der Waals surface area contributed by atoms with E-state index in [0.29, 0.717) is 6.54 Å². The van der Waals surface area contributed by atoms with Gasteiger partial charge in [-0.2, -0.15) is 0 Å². The zero-order valence-electron chi connectivity index (χ0n) is 11.1. The number of nitrogens with zero attached hydrogens (tertiary/aromatic N) is 1. The zero-order chi connectivity index (χ0) is 13.9. The van der Waals surface area contributed by atoms with Crippen molar-refractivity contribution in [2.45, 2.75) is 20.0 Å². The van der Waals surface area contributed by atoms with E-state index < -0.39 is 0 Å². The number of hydrogen-bond donors (Lipinski definition) is 2. The second-order valence-corrected chi connectivity index (χ2v) is 5.61. The smallest absolute Gasteiger partial charge is 0.252 e. The fraction of sp³-hybridized carbons (Fsp3) is 0.200. The lowest BCUT2D eigenvalue weighted by molar-refractivity contribution is 0.692. The Morgan fingerprint density at radius 2 is 2.15 bits per heavy atom. The second-order valence-electron chi connectivity index (χ2n) is 4.68. The monoisotopic (exact) mass is 285 g/mol. The van der Waals surface area contributed by atoms with Gasteiger partial charge in [0.2, 0.25) is 0 Å². The highest BCUT2D eigenvalue weighted by atomic mass is 32.1. The van der Waals surface area contributed by atoms with Gasteiger partial charge in [0.05, 0.1) is 11.2 Å². The molecule has 0 radical (unpaired) electrons. The molecule has 0 saturated carbocycles. The quantitative estimate of drug-likeness (QED) is 0.774. The van der Waals surface area contributed by atoms with Crippen LogP contribution in [0.1, 0.15) is 16.1 Å². The van der Waals surface area contributed by atoms with Gasteiger partial charge in [0, 0.05) is 29.0 Å². The summed E-state index contributed by atoms with van der Waals surface area (Å²) in [6.07, 6.45) is 0. The number of benzene rings is 1. The Balaban J connectivity index is 1.76. The first-order chi connectivity index (χ1) is 9.74. The van der Waals surface area contributed by atoms with Gasteiger partial charge in [0.25, 0.3) is 5.56 Å². The van der Waals surface area contributed by atoms with Gasteiger partial charge in [-0.15, -0.1) is 11.3 Å². The molecule has 0 amide bonds. The van der Waals surface area contributed by atoms with Crippen molar-refractivity contribution in [3.05, 3.63) is 62.3 Å². The number of nitrogens with one attached hydrogen (secondary N) is 2. The number of aromatic amines is 1. The molecule has 0 spiro atoms. The van der Waals surface area contributed by atoms with Crippen LogP contribution in [0.3, 0.4) is 0 Å². The summed E-state index contributed by atoms with van der Waals surface area (Å²) in [5.41, 5.74) is 4.49. The molecule has 0 fully saturated rings. The molecule has 0 bridgehead atoms. The molecule has 1 aromatic carbocycles. The second kappa shape index (κ2) is 5.56. The van der Waals surface area contributed by atoms with Crippen molar-refractivity contribution in [3.63, 3.8) is 0 Å². The molecule has 3 aromatic rings. The van der Waals surface area contributed by atoms with Crippen LogP contribution in [-0.4, -0.2) is 9.97 Å². The van der Waals surface area contributed by atoms with Crippen molar-refractivity contribution in [1.29, 1.82) is 0 Å². The largest absolute Gasteiger partial charge is 0.322 e. The molecule has 0 saturated heterocycles. The van der Waals surface area contributed by atoms with E-state index in [9.17, 15) is 4.79 Å². The average molecular weight is 285 g/mol. The summed E-state index contributed by atoms with van der Waals surface area (Å²) in [4.78, 5) is 20.3. The molecule has 5 heteroatoms. The number of rotatable bonds is 4. The Labute approximate surface area is 120 Å². The summed E-state index contributed by atoms with van der Waals surface area (Å²) in [6.45, 7) is 3.29. The van der Waals surface area contributed by atoms with Gasteiger partial charge in [0.1, 0.15) is 0 Å². The fourth-order valence-electron chi connectivity index (χ4n) is 2.13. The number of aryl methyl sites for hydroxylation is 1. The fourth-order valence-corrected chi connectivity index (χ4v) is 2.88. The van der Waals surface area contributed by atoms with Crippen LogP contribution in [0.15, 0.2) is 40.6 Å². The number of fused-ring (bicyclic) bond motifs is 1. The summed E-state index contributed by atoms with van der Waals surface area (Å²) in [5.74, 6) is 0. The number of hydrogen-bond acceptors (Lipinski definition) is 4. The lowest BCUT2D eigenvalue weighted by Gasteiger charge is -2.05. The lowest BCUT2D eigenvalue weighted by Crippen LogP contribution is -2.20. The first-order valence-electron chi connectivity index (χ1n) is 6.44. The number of pyridine rings is 1. The van der Waals surface area contributed by atoms with Crippen molar-refractivity contribution < 1.29 is 0 Å². The molecule has 0 atom stereocenters. The maximum absolute atomic E-state index is 12.0.